The molecule has 0 aliphatic carbocycles. The molecule has 1 unspecified atom stereocenters. The van der Waals surface area contributed by atoms with Gasteiger partial charge in [0.1, 0.15) is 0 Å². The van der Waals surface area contributed by atoms with E-state index in [4.69, 9.17) is 11.6 Å². The molecule has 2 rings (SSSR count). The van der Waals surface area contributed by atoms with Gasteiger partial charge >= 0.3 is 0 Å². The van der Waals surface area contributed by atoms with Gasteiger partial charge < -0.3 is 5.32 Å². The third-order valence-corrected chi connectivity index (χ3v) is 4.78. The quantitative estimate of drug-likeness (QED) is 0.652. The van der Waals surface area contributed by atoms with Crippen LogP contribution in [0.25, 0.3) is 0 Å². The van der Waals surface area contributed by atoms with Crippen LogP contribution in [0.5, 0.6) is 0 Å². The maximum Gasteiger partial charge on any atom is 0.0454 e. The third-order valence-electron chi connectivity index (χ3n) is 3.17. The molecule has 1 N–H and O–H groups in total. The van der Waals surface area contributed by atoms with Crippen LogP contribution in [0.1, 0.15) is 24.1 Å². The summed E-state index contributed by atoms with van der Waals surface area (Å²) in [6.45, 7) is 3.01. The minimum atomic E-state index is 0.198. The molecule has 4 heteroatoms. The van der Waals surface area contributed by atoms with Crippen molar-refractivity contribution in [1.82, 2.24) is 5.32 Å². The first-order valence-electron chi connectivity index (χ1n) is 6.53. The summed E-state index contributed by atoms with van der Waals surface area (Å²) in [5.41, 5.74) is 2.40. The monoisotopic (exact) mass is 415 g/mol. The predicted octanol–water partition coefficient (Wildman–Crippen LogP) is 5.76. The van der Waals surface area contributed by atoms with E-state index in [2.05, 4.69) is 68.4 Å². The number of halogens is 3. The highest BCUT2D eigenvalue weighted by Gasteiger charge is 2.16. The van der Waals surface area contributed by atoms with Gasteiger partial charge in [0.15, 0.2) is 0 Å². The van der Waals surface area contributed by atoms with Crippen molar-refractivity contribution in [2.75, 3.05) is 6.54 Å². The highest BCUT2D eigenvalue weighted by molar-refractivity contribution is 9.10. The van der Waals surface area contributed by atoms with Crippen molar-refractivity contribution in [2.45, 2.75) is 19.4 Å². The van der Waals surface area contributed by atoms with E-state index in [1.807, 2.05) is 18.2 Å². The zero-order valence-corrected chi connectivity index (χ0v) is 15.1. The molecular weight excluding hydrogens is 401 g/mol. The van der Waals surface area contributed by atoms with Crippen LogP contribution in [0.2, 0.25) is 5.02 Å². The Bertz CT molecular complexity index is 586. The van der Waals surface area contributed by atoms with Crippen LogP contribution >= 0.6 is 43.5 Å². The molecule has 1 nitrogen and oxygen atoms in total. The number of hydrogen-bond donors (Lipinski definition) is 1. The fourth-order valence-corrected chi connectivity index (χ4v) is 3.28. The van der Waals surface area contributed by atoms with Gasteiger partial charge in [-0.15, -0.1) is 0 Å². The SMILES string of the molecule is CCNC(Cc1ccccc1Br)c1cc(Br)ccc1Cl. The molecule has 0 radical (unpaired) electrons. The fourth-order valence-electron chi connectivity index (χ4n) is 2.20. The van der Waals surface area contributed by atoms with Crippen molar-refractivity contribution in [3.63, 3.8) is 0 Å². The number of hydrogen-bond acceptors (Lipinski definition) is 1. The first kappa shape index (κ1) is 16.0. The molecule has 0 spiro atoms. The number of rotatable bonds is 5. The van der Waals surface area contributed by atoms with E-state index in [1.54, 1.807) is 0 Å². The summed E-state index contributed by atoms with van der Waals surface area (Å²) in [6, 6.07) is 14.5. The van der Waals surface area contributed by atoms with Crippen LogP contribution in [0.15, 0.2) is 51.4 Å². The second kappa shape index (κ2) is 7.60. The summed E-state index contributed by atoms with van der Waals surface area (Å²) < 4.78 is 2.18. The molecule has 1 atom stereocenters. The molecule has 2 aromatic carbocycles. The second-order valence-electron chi connectivity index (χ2n) is 4.57. The van der Waals surface area contributed by atoms with Crippen LogP contribution in [-0.4, -0.2) is 6.54 Å². The Morgan fingerprint density at radius 1 is 1.15 bits per heavy atom. The van der Waals surface area contributed by atoms with Gasteiger partial charge in [-0.25, -0.2) is 0 Å². The summed E-state index contributed by atoms with van der Waals surface area (Å²) >= 11 is 13.5. The highest BCUT2D eigenvalue weighted by atomic mass is 79.9. The molecule has 106 valence electrons. The first-order chi connectivity index (χ1) is 9.61. The molecule has 0 heterocycles. The normalized spacial score (nSPS) is 12.4. The maximum atomic E-state index is 6.36. The Balaban J connectivity index is 2.32. The summed E-state index contributed by atoms with van der Waals surface area (Å²) in [6.07, 6.45) is 0.894. The van der Waals surface area contributed by atoms with Crippen LogP contribution in [0.3, 0.4) is 0 Å². The predicted molar refractivity (Wildman–Crippen MR) is 93.4 cm³/mol. The summed E-state index contributed by atoms with van der Waals surface area (Å²) in [4.78, 5) is 0. The number of likely N-dealkylation sites (N-methyl/N-ethyl adjacent to an activating group) is 1. The topological polar surface area (TPSA) is 12.0 Å². The van der Waals surface area contributed by atoms with Crippen molar-refractivity contribution in [2.24, 2.45) is 0 Å². The standard InChI is InChI=1S/C16H16Br2ClN/c1-2-20-16(9-11-5-3-4-6-14(11)18)13-10-12(17)7-8-15(13)19/h3-8,10,16,20H,2,9H2,1H3. The average Bonchev–Trinajstić information content (AvgIpc) is 2.43. The molecule has 0 fully saturated rings. The van der Waals surface area contributed by atoms with Gasteiger partial charge in [0.05, 0.1) is 0 Å². The van der Waals surface area contributed by atoms with E-state index in [1.165, 1.54) is 5.56 Å². The molecule has 0 saturated carbocycles. The van der Waals surface area contributed by atoms with E-state index in [0.29, 0.717) is 0 Å². The Labute approximate surface area is 142 Å². The van der Waals surface area contributed by atoms with E-state index < -0.39 is 0 Å². The Hall–Kier alpha value is -0.350. The second-order valence-corrected chi connectivity index (χ2v) is 6.75. The van der Waals surface area contributed by atoms with Crippen LogP contribution < -0.4 is 5.32 Å². The molecule has 0 bridgehead atoms. The molecule has 0 amide bonds. The fraction of sp³-hybridized carbons (Fsp3) is 0.250. The molecule has 0 aliphatic heterocycles. The molecule has 0 aromatic heterocycles. The van der Waals surface area contributed by atoms with Crippen LogP contribution in [0, 0.1) is 0 Å². The van der Waals surface area contributed by atoms with Crippen molar-refractivity contribution >= 4 is 43.5 Å². The lowest BCUT2D eigenvalue weighted by Gasteiger charge is -2.20. The van der Waals surface area contributed by atoms with Gasteiger partial charge in [-0.1, -0.05) is 68.6 Å². The molecular formula is C16H16Br2ClN. The molecule has 2 aromatic rings. The molecule has 0 aliphatic rings. The lowest BCUT2D eigenvalue weighted by molar-refractivity contribution is 0.549. The van der Waals surface area contributed by atoms with E-state index >= 15 is 0 Å². The summed E-state index contributed by atoms with van der Waals surface area (Å²) in [5, 5.41) is 4.31. The zero-order chi connectivity index (χ0) is 14.5. The third kappa shape index (κ3) is 4.08. The smallest absolute Gasteiger partial charge is 0.0454 e. The largest absolute Gasteiger partial charge is 0.310 e. The van der Waals surface area contributed by atoms with Gasteiger partial charge in [0.2, 0.25) is 0 Å². The summed E-state index contributed by atoms with van der Waals surface area (Å²) in [5.74, 6) is 0. The molecule has 0 saturated heterocycles. The maximum absolute atomic E-state index is 6.36. The minimum absolute atomic E-state index is 0.198. The van der Waals surface area contributed by atoms with E-state index in [-0.39, 0.29) is 6.04 Å². The minimum Gasteiger partial charge on any atom is -0.310 e. The van der Waals surface area contributed by atoms with Gasteiger partial charge in [0.25, 0.3) is 0 Å². The molecule has 20 heavy (non-hydrogen) atoms. The average molecular weight is 418 g/mol. The van der Waals surface area contributed by atoms with Gasteiger partial charge in [-0.05, 0) is 48.4 Å². The van der Waals surface area contributed by atoms with Crippen LogP contribution in [0.4, 0.5) is 0 Å². The first-order valence-corrected chi connectivity index (χ1v) is 8.50. The van der Waals surface area contributed by atoms with Crippen LogP contribution in [-0.2, 0) is 6.42 Å². The Morgan fingerprint density at radius 3 is 2.60 bits per heavy atom. The zero-order valence-electron chi connectivity index (χ0n) is 11.2. The lowest BCUT2D eigenvalue weighted by atomic mass is 9.99. The van der Waals surface area contributed by atoms with E-state index in [0.717, 1.165) is 32.5 Å². The number of benzene rings is 2. The van der Waals surface area contributed by atoms with Crippen molar-refractivity contribution < 1.29 is 0 Å². The summed E-state index contributed by atoms with van der Waals surface area (Å²) in [7, 11) is 0. The van der Waals surface area contributed by atoms with Crippen molar-refractivity contribution in [3.05, 3.63) is 67.6 Å². The van der Waals surface area contributed by atoms with Crippen molar-refractivity contribution in [1.29, 1.82) is 0 Å². The van der Waals surface area contributed by atoms with Gasteiger partial charge in [0, 0.05) is 20.0 Å². The van der Waals surface area contributed by atoms with Crippen molar-refractivity contribution in [3.8, 4) is 0 Å². The highest BCUT2D eigenvalue weighted by Crippen LogP contribution is 2.30. The van der Waals surface area contributed by atoms with Gasteiger partial charge in [-0.2, -0.15) is 0 Å². The Morgan fingerprint density at radius 2 is 1.90 bits per heavy atom. The Kier molecular flexibility index (Phi) is 6.09. The van der Waals surface area contributed by atoms with E-state index in [9.17, 15) is 0 Å². The lowest BCUT2D eigenvalue weighted by Crippen LogP contribution is -2.23. The number of nitrogens with one attached hydrogen (secondary N) is 1. The van der Waals surface area contributed by atoms with Gasteiger partial charge in [-0.3, -0.25) is 0 Å².